The van der Waals surface area contributed by atoms with Crippen molar-refractivity contribution in [2.45, 2.75) is 57.4 Å². The third kappa shape index (κ3) is 3.75. The largest absolute Gasteiger partial charge is 0.382 e. The maximum Gasteiger partial charge on any atom is 0.227 e. The van der Waals surface area contributed by atoms with Crippen LogP contribution >= 0.6 is 0 Å². The van der Waals surface area contributed by atoms with E-state index in [0.717, 1.165) is 24.2 Å². The maximum absolute atomic E-state index is 11.8. The number of hydrogen-bond acceptors (Lipinski definition) is 2. The van der Waals surface area contributed by atoms with Crippen LogP contribution in [-0.4, -0.2) is 11.9 Å². The number of nitrogens with one attached hydrogen (secondary N) is 2. The highest BCUT2D eigenvalue weighted by Crippen LogP contribution is 2.30. The average molecular weight is 272 g/mol. The van der Waals surface area contributed by atoms with Gasteiger partial charge in [-0.3, -0.25) is 4.79 Å². The number of hydrogen-bond donors (Lipinski definition) is 2. The van der Waals surface area contributed by atoms with Crippen LogP contribution in [0.25, 0.3) is 0 Å². The Morgan fingerprint density at radius 2 is 1.65 bits per heavy atom. The second-order valence-corrected chi connectivity index (χ2v) is 6.18. The van der Waals surface area contributed by atoms with Crippen molar-refractivity contribution < 1.29 is 4.79 Å². The van der Waals surface area contributed by atoms with E-state index in [2.05, 4.69) is 22.8 Å². The van der Waals surface area contributed by atoms with Gasteiger partial charge in [0, 0.05) is 23.3 Å². The van der Waals surface area contributed by atoms with Gasteiger partial charge in [-0.2, -0.15) is 0 Å². The fourth-order valence-electron chi connectivity index (χ4n) is 2.94. The standard InChI is InChI=1S/C17H24N2O/c20-17(13-10-11-13)19-16-9-5-8-15(12-16)18-14-6-3-1-2-4-7-14/h5,8-9,12-14,18H,1-4,6-7,10-11H2,(H,19,20). The molecule has 2 saturated carbocycles. The molecule has 3 rings (SSSR count). The Bertz CT molecular complexity index is 460. The molecular formula is C17H24N2O. The zero-order valence-electron chi connectivity index (χ0n) is 12.0. The van der Waals surface area contributed by atoms with Crippen LogP contribution in [0.4, 0.5) is 11.4 Å². The molecule has 0 heterocycles. The summed E-state index contributed by atoms with van der Waals surface area (Å²) in [6.07, 6.45) is 10.0. The van der Waals surface area contributed by atoms with E-state index in [4.69, 9.17) is 0 Å². The summed E-state index contributed by atoms with van der Waals surface area (Å²) in [5.41, 5.74) is 2.05. The first-order valence-electron chi connectivity index (χ1n) is 7.99. The Hall–Kier alpha value is -1.51. The third-order valence-corrected chi connectivity index (χ3v) is 4.30. The van der Waals surface area contributed by atoms with Gasteiger partial charge in [0.1, 0.15) is 0 Å². The van der Waals surface area contributed by atoms with Crippen LogP contribution in [0.2, 0.25) is 0 Å². The number of amides is 1. The average Bonchev–Trinajstić information content (AvgIpc) is 3.27. The quantitative estimate of drug-likeness (QED) is 0.808. The number of benzene rings is 1. The molecule has 20 heavy (non-hydrogen) atoms. The summed E-state index contributed by atoms with van der Waals surface area (Å²) >= 11 is 0. The first kappa shape index (κ1) is 13.5. The lowest BCUT2D eigenvalue weighted by Crippen LogP contribution is -2.18. The lowest BCUT2D eigenvalue weighted by Gasteiger charge is -2.18. The van der Waals surface area contributed by atoms with Crippen molar-refractivity contribution in [2.24, 2.45) is 5.92 Å². The molecule has 0 atom stereocenters. The Labute approximate surface area is 121 Å². The molecule has 0 radical (unpaired) electrons. The summed E-state index contributed by atoms with van der Waals surface area (Å²) in [6.45, 7) is 0. The van der Waals surface area contributed by atoms with Crippen molar-refractivity contribution >= 4 is 17.3 Å². The summed E-state index contributed by atoms with van der Waals surface area (Å²) < 4.78 is 0. The highest BCUT2D eigenvalue weighted by Gasteiger charge is 2.29. The van der Waals surface area contributed by atoms with Crippen LogP contribution in [0, 0.1) is 5.92 Å². The predicted octanol–water partition coefficient (Wildman–Crippen LogP) is 4.17. The van der Waals surface area contributed by atoms with Gasteiger partial charge in [-0.25, -0.2) is 0 Å². The highest BCUT2D eigenvalue weighted by molar-refractivity contribution is 5.94. The molecule has 0 aromatic heterocycles. The molecule has 0 spiro atoms. The molecule has 2 aliphatic carbocycles. The molecule has 2 fully saturated rings. The monoisotopic (exact) mass is 272 g/mol. The first-order valence-corrected chi connectivity index (χ1v) is 7.99. The third-order valence-electron chi connectivity index (χ3n) is 4.30. The molecule has 3 heteroatoms. The lowest BCUT2D eigenvalue weighted by atomic mass is 10.1. The van der Waals surface area contributed by atoms with Crippen molar-refractivity contribution in [1.82, 2.24) is 0 Å². The molecule has 0 saturated heterocycles. The minimum absolute atomic E-state index is 0.177. The predicted molar refractivity (Wildman–Crippen MR) is 82.9 cm³/mol. The molecule has 0 unspecified atom stereocenters. The molecule has 1 aromatic carbocycles. The van der Waals surface area contributed by atoms with E-state index in [-0.39, 0.29) is 11.8 Å². The number of anilines is 2. The van der Waals surface area contributed by atoms with Gasteiger partial charge < -0.3 is 10.6 Å². The smallest absolute Gasteiger partial charge is 0.227 e. The SMILES string of the molecule is O=C(Nc1cccc(NC2CCCCCC2)c1)C1CC1. The summed E-state index contributed by atoms with van der Waals surface area (Å²) in [5.74, 6) is 0.435. The second-order valence-electron chi connectivity index (χ2n) is 6.18. The Morgan fingerprint density at radius 3 is 2.35 bits per heavy atom. The van der Waals surface area contributed by atoms with E-state index in [9.17, 15) is 4.79 Å². The minimum atomic E-state index is 0.177. The summed E-state index contributed by atoms with van der Waals surface area (Å²) in [4.78, 5) is 11.8. The molecule has 2 N–H and O–H groups in total. The molecular weight excluding hydrogens is 248 g/mol. The van der Waals surface area contributed by atoms with Gasteiger partial charge in [0.25, 0.3) is 0 Å². The van der Waals surface area contributed by atoms with Crippen molar-refractivity contribution in [2.75, 3.05) is 10.6 Å². The van der Waals surface area contributed by atoms with Crippen LogP contribution in [0.3, 0.4) is 0 Å². The summed E-state index contributed by atoms with van der Waals surface area (Å²) in [6, 6.07) is 8.73. The minimum Gasteiger partial charge on any atom is -0.382 e. The molecule has 0 aliphatic heterocycles. The Balaban J connectivity index is 1.59. The van der Waals surface area contributed by atoms with Crippen LogP contribution in [-0.2, 0) is 4.79 Å². The molecule has 2 aliphatic rings. The van der Waals surface area contributed by atoms with Gasteiger partial charge in [-0.05, 0) is 43.9 Å². The fraction of sp³-hybridized carbons (Fsp3) is 0.588. The molecule has 1 amide bonds. The van der Waals surface area contributed by atoms with Crippen LogP contribution < -0.4 is 10.6 Å². The highest BCUT2D eigenvalue weighted by atomic mass is 16.2. The van der Waals surface area contributed by atoms with Crippen LogP contribution in [0.1, 0.15) is 51.4 Å². The zero-order chi connectivity index (χ0) is 13.8. The van der Waals surface area contributed by atoms with Crippen LogP contribution in [0.15, 0.2) is 24.3 Å². The number of carbonyl (C=O) groups is 1. The number of carbonyl (C=O) groups excluding carboxylic acids is 1. The van der Waals surface area contributed by atoms with Crippen molar-refractivity contribution in [3.8, 4) is 0 Å². The van der Waals surface area contributed by atoms with Gasteiger partial charge in [-0.15, -0.1) is 0 Å². The Morgan fingerprint density at radius 1 is 0.950 bits per heavy atom. The van der Waals surface area contributed by atoms with E-state index in [1.54, 1.807) is 0 Å². The fourth-order valence-corrected chi connectivity index (χ4v) is 2.94. The van der Waals surface area contributed by atoms with E-state index < -0.39 is 0 Å². The van der Waals surface area contributed by atoms with E-state index in [1.807, 2.05) is 12.1 Å². The second kappa shape index (κ2) is 6.29. The van der Waals surface area contributed by atoms with Gasteiger partial charge in [0.05, 0.1) is 0 Å². The zero-order valence-corrected chi connectivity index (χ0v) is 12.0. The van der Waals surface area contributed by atoms with E-state index in [0.29, 0.717) is 6.04 Å². The topological polar surface area (TPSA) is 41.1 Å². The Kier molecular flexibility index (Phi) is 4.24. The lowest BCUT2D eigenvalue weighted by molar-refractivity contribution is -0.117. The van der Waals surface area contributed by atoms with Crippen LogP contribution in [0.5, 0.6) is 0 Å². The normalized spacial score (nSPS) is 20.2. The van der Waals surface area contributed by atoms with Gasteiger partial charge in [0.15, 0.2) is 0 Å². The molecule has 108 valence electrons. The number of rotatable bonds is 4. The van der Waals surface area contributed by atoms with Crippen molar-refractivity contribution in [1.29, 1.82) is 0 Å². The summed E-state index contributed by atoms with van der Waals surface area (Å²) in [5, 5.41) is 6.64. The first-order chi connectivity index (χ1) is 9.81. The van der Waals surface area contributed by atoms with Gasteiger partial charge >= 0.3 is 0 Å². The van der Waals surface area contributed by atoms with Gasteiger partial charge in [0.2, 0.25) is 5.91 Å². The summed E-state index contributed by atoms with van der Waals surface area (Å²) in [7, 11) is 0. The van der Waals surface area contributed by atoms with E-state index >= 15 is 0 Å². The molecule has 1 aromatic rings. The van der Waals surface area contributed by atoms with Gasteiger partial charge in [-0.1, -0.05) is 31.7 Å². The maximum atomic E-state index is 11.8. The van der Waals surface area contributed by atoms with Crippen molar-refractivity contribution in [3.05, 3.63) is 24.3 Å². The van der Waals surface area contributed by atoms with E-state index in [1.165, 1.54) is 38.5 Å². The molecule has 0 bridgehead atoms. The molecule has 3 nitrogen and oxygen atoms in total. The van der Waals surface area contributed by atoms with Crippen molar-refractivity contribution in [3.63, 3.8) is 0 Å².